The number of aromatic nitrogens is 1. The van der Waals surface area contributed by atoms with Crippen molar-refractivity contribution in [3.05, 3.63) is 51.5 Å². The molecule has 0 atom stereocenters. The number of aromatic amines is 1. The van der Waals surface area contributed by atoms with Gasteiger partial charge in [-0.3, -0.25) is 4.79 Å². The first kappa shape index (κ1) is 15.5. The molecule has 1 aromatic carbocycles. The zero-order valence-corrected chi connectivity index (χ0v) is 15.0. The number of H-pyrrole nitrogens is 1. The van der Waals surface area contributed by atoms with Gasteiger partial charge in [-0.1, -0.05) is 24.6 Å². The van der Waals surface area contributed by atoms with Crippen LogP contribution >= 0.6 is 11.3 Å². The summed E-state index contributed by atoms with van der Waals surface area (Å²) in [6, 6.07) is 7.91. The van der Waals surface area contributed by atoms with Crippen LogP contribution in [0.5, 0.6) is 0 Å². The number of fused-ring (bicyclic) bond motifs is 3. The van der Waals surface area contributed by atoms with E-state index in [4.69, 9.17) is 0 Å². The molecule has 124 valence electrons. The highest BCUT2D eigenvalue weighted by Gasteiger charge is 2.23. The lowest BCUT2D eigenvalue weighted by Gasteiger charge is -2.08. The van der Waals surface area contributed by atoms with Crippen molar-refractivity contribution in [2.24, 2.45) is 0 Å². The Bertz CT molecular complexity index is 919. The van der Waals surface area contributed by atoms with Crippen LogP contribution < -0.4 is 5.32 Å². The number of hydrogen-bond donors (Lipinski definition) is 2. The summed E-state index contributed by atoms with van der Waals surface area (Å²) in [5.74, 6) is -0.00976. The predicted octanol–water partition coefficient (Wildman–Crippen LogP) is 5.37. The van der Waals surface area contributed by atoms with Crippen molar-refractivity contribution in [1.82, 2.24) is 4.98 Å². The number of anilines is 1. The van der Waals surface area contributed by atoms with Gasteiger partial charge < -0.3 is 10.3 Å². The van der Waals surface area contributed by atoms with E-state index in [0.717, 1.165) is 40.0 Å². The summed E-state index contributed by atoms with van der Waals surface area (Å²) in [7, 11) is 0. The zero-order valence-electron chi connectivity index (χ0n) is 14.2. The number of rotatable bonds is 2. The Hall–Kier alpha value is -2.07. The number of benzene rings is 1. The Kier molecular flexibility index (Phi) is 3.93. The molecule has 0 fully saturated rings. The van der Waals surface area contributed by atoms with Crippen molar-refractivity contribution >= 4 is 33.1 Å². The van der Waals surface area contributed by atoms with Gasteiger partial charge in [0.25, 0.3) is 5.91 Å². The molecule has 0 bridgehead atoms. The molecule has 0 aliphatic heterocycles. The molecule has 24 heavy (non-hydrogen) atoms. The number of hydrogen-bond acceptors (Lipinski definition) is 2. The molecule has 0 saturated carbocycles. The molecule has 1 aliphatic rings. The van der Waals surface area contributed by atoms with E-state index in [1.165, 1.54) is 35.2 Å². The second-order valence-electron chi connectivity index (χ2n) is 6.65. The maximum atomic E-state index is 12.9. The van der Waals surface area contributed by atoms with Gasteiger partial charge >= 0.3 is 0 Å². The van der Waals surface area contributed by atoms with E-state index < -0.39 is 0 Å². The fraction of sp³-hybridized carbons (Fsp3) is 0.350. The average molecular weight is 338 g/mol. The van der Waals surface area contributed by atoms with Crippen LogP contribution in [0.25, 0.3) is 10.2 Å². The molecule has 2 aromatic heterocycles. The van der Waals surface area contributed by atoms with Crippen molar-refractivity contribution in [2.45, 2.75) is 46.0 Å². The average Bonchev–Trinajstić information content (AvgIpc) is 2.93. The van der Waals surface area contributed by atoms with Crippen LogP contribution in [0, 0.1) is 13.8 Å². The minimum absolute atomic E-state index is 0.00976. The highest BCUT2D eigenvalue weighted by Crippen LogP contribution is 2.37. The van der Waals surface area contributed by atoms with E-state index in [1.807, 2.05) is 38.1 Å². The molecule has 3 nitrogen and oxygen atoms in total. The molecular weight excluding hydrogens is 316 g/mol. The number of nitrogens with one attached hydrogen (secondary N) is 2. The molecule has 0 radical (unpaired) electrons. The summed E-state index contributed by atoms with van der Waals surface area (Å²) < 4.78 is 1.29. The van der Waals surface area contributed by atoms with Gasteiger partial charge in [0.05, 0.1) is 15.8 Å². The summed E-state index contributed by atoms with van der Waals surface area (Å²) in [6.45, 7) is 4.07. The lowest BCUT2D eigenvalue weighted by Crippen LogP contribution is -2.13. The standard InChI is InChI=1S/C20H22N2OS/c1-12-8-6-7-10-15(12)22-20(23)17-13(2)24-19-14-9-4-3-5-11-16(14)21-18(17)19/h6-8,10,21H,3-5,9,11H2,1-2H3,(H,22,23). The van der Waals surface area contributed by atoms with Crippen LogP contribution in [0.4, 0.5) is 5.69 Å². The summed E-state index contributed by atoms with van der Waals surface area (Å²) in [4.78, 5) is 17.6. The molecule has 1 aliphatic carbocycles. The van der Waals surface area contributed by atoms with E-state index >= 15 is 0 Å². The molecule has 3 aromatic rings. The fourth-order valence-electron chi connectivity index (χ4n) is 3.67. The van der Waals surface area contributed by atoms with E-state index in [-0.39, 0.29) is 5.91 Å². The van der Waals surface area contributed by atoms with Gasteiger partial charge in [0.1, 0.15) is 0 Å². The summed E-state index contributed by atoms with van der Waals surface area (Å²) in [5.41, 5.74) is 6.61. The third-order valence-electron chi connectivity index (χ3n) is 4.97. The van der Waals surface area contributed by atoms with Crippen molar-refractivity contribution < 1.29 is 4.79 Å². The van der Waals surface area contributed by atoms with Crippen molar-refractivity contribution in [3.63, 3.8) is 0 Å². The summed E-state index contributed by atoms with van der Waals surface area (Å²) in [6.07, 6.45) is 6.03. The van der Waals surface area contributed by atoms with Gasteiger partial charge in [0, 0.05) is 16.3 Å². The number of para-hydroxylation sites is 1. The third kappa shape index (κ3) is 2.55. The highest BCUT2D eigenvalue weighted by molar-refractivity contribution is 7.19. The van der Waals surface area contributed by atoms with Crippen LogP contribution in [0.15, 0.2) is 24.3 Å². The van der Waals surface area contributed by atoms with Gasteiger partial charge in [-0.05, 0) is 56.7 Å². The lowest BCUT2D eigenvalue weighted by atomic mass is 10.1. The minimum atomic E-state index is -0.00976. The maximum Gasteiger partial charge on any atom is 0.258 e. The molecule has 0 unspecified atom stereocenters. The number of thiophene rings is 1. The normalized spacial score (nSPS) is 14.4. The maximum absolute atomic E-state index is 12.9. The van der Waals surface area contributed by atoms with Gasteiger partial charge in [-0.2, -0.15) is 0 Å². The molecule has 1 amide bonds. The SMILES string of the molecule is Cc1ccccc1NC(=O)c1c(C)sc2c3c([nH]c12)CCCCC3. The van der Waals surface area contributed by atoms with Crippen LogP contribution in [0.2, 0.25) is 0 Å². The number of aryl methyl sites for hydroxylation is 4. The number of carbonyl (C=O) groups excluding carboxylic acids is 1. The molecule has 2 heterocycles. The molecule has 4 rings (SSSR count). The van der Waals surface area contributed by atoms with E-state index in [2.05, 4.69) is 10.3 Å². The highest BCUT2D eigenvalue weighted by atomic mass is 32.1. The first-order valence-corrected chi connectivity index (χ1v) is 9.46. The Labute approximate surface area is 146 Å². The van der Waals surface area contributed by atoms with E-state index in [9.17, 15) is 4.79 Å². The first-order valence-electron chi connectivity index (χ1n) is 8.65. The summed E-state index contributed by atoms with van der Waals surface area (Å²) >= 11 is 1.76. The Morgan fingerprint density at radius 2 is 1.92 bits per heavy atom. The number of amides is 1. The van der Waals surface area contributed by atoms with Crippen molar-refractivity contribution in [3.8, 4) is 0 Å². The van der Waals surface area contributed by atoms with Crippen molar-refractivity contribution in [2.75, 3.05) is 5.32 Å². The van der Waals surface area contributed by atoms with Crippen LogP contribution in [-0.4, -0.2) is 10.9 Å². The Morgan fingerprint density at radius 3 is 2.75 bits per heavy atom. The van der Waals surface area contributed by atoms with Gasteiger partial charge in [-0.15, -0.1) is 11.3 Å². The second-order valence-corrected chi connectivity index (χ2v) is 7.87. The topological polar surface area (TPSA) is 44.9 Å². The smallest absolute Gasteiger partial charge is 0.258 e. The van der Waals surface area contributed by atoms with Crippen molar-refractivity contribution in [1.29, 1.82) is 0 Å². The quantitative estimate of drug-likeness (QED) is 0.606. The monoisotopic (exact) mass is 338 g/mol. The number of carbonyl (C=O) groups is 1. The molecule has 4 heteroatoms. The van der Waals surface area contributed by atoms with E-state index in [1.54, 1.807) is 11.3 Å². The molecule has 0 saturated heterocycles. The van der Waals surface area contributed by atoms with Gasteiger partial charge in [-0.25, -0.2) is 0 Å². The largest absolute Gasteiger partial charge is 0.357 e. The van der Waals surface area contributed by atoms with Crippen LogP contribution in [-0.2, 0) is 12.8 Å². The van der Waals surface area contributed by atoms with Gasteiger partial charge in [0.2, 0.25) is 0 Å². The third-order valence-corrected chi connectivity index (χ3v) is 6.14. The zero-order chi connectivity index (χ0) is 16.7. The first-order chi connectivity index (χ1) is 11.6. The molecular formula is C20H22N2OS. The summed E-state index contributed by atoms with van der Waals surface area (Å²) in [5, 5.41) is 3.09. The predicted molar refractivity (Wildman–Crippen MR) is 101 cm³/mol. The molecule has 0 spiro atoms. The molecule has 2 N–H and O–H groups in total. The van der Waals surface area contributed by atoms with Crippen LogP contribution in [0.3, 0.4) is 0 Å². The Balaban J connectivity index is 1.75. The minimum Gasteiger partial charge on any atom is -0.357 e. The van der Waals surface area contributed by atoms with Crippen LogP contribution in [0.1, 0.15) is 51.3 Å². The van der Waals surface area contributed by atoms with Gasteiger partial charge in [0.15, 0.2) is 0 Å². The van der Waals surface area contributed by atoms with E-state index in [0.29, 0.717) is 0 Å². The lowest BCUT2D eigenvalue weighted by molar-refractivity contribution is 0.102. The second kappa shape index (κ2) is 6.10. The fourth-order valence-corrected chi connectivity index (χ4v) is 4.88. The Morgan fingerprint density at radius 1 is 1.12 bits per heavy atom.